The van der Waals surface area contributed by atoms with E-state index >= 15 is 0 Å². The van der Waals surface area contributed by atoms with Gasteiger partial charge in [0.05, 0.1) is 22.3 Å². The molecule has 2 aromatic heterocycles. The van der Waals surface area contributed by atoms with E-state index in [9.17, 15) is 4.79 Å². The third-order valence-electron chi connectivity index (χ3n) is 5.74. The molecule has 2 heterocycles. The fourth-order valence-corrected chi connectivity index (χ4v) is 4.16. The molecule has 0 saturated heterocycles. The second kappa shape index (κ2) is 9.13. The molecule has 1 atom stereocenters. The number of aromatic nitrogens is 3. The van der Waals surface area contributed by atoms with Gasteiger partial charge in [0.2, 0.25) is 0 Å². The van der Waals surface area contributed by atoms with Crippen LogP contribution in [0.15, 0.2) is 54.6 Å². The summed E-state index contributed by atoms with van der Waals surface area (Å²) < 4.78 is 1.79. The smallest absolute Gasteiger partial charge is 0.252 e. The van der Waals surface area contributed by atoms with E-state index in [0.717, 1.165) is 40.9 Å². The Morgan fingerprint density at radius 2 is 1.84 bits per heavy atom. The minimum Gasteiger partial charge on any atom is -0.350 e. The molecule has 1 amide bonds. The van der Waals surface area contributed by atoms with E-state index in [1.165, 1.54) is 5.56 Å². The lowest BCUT2D eigenvalue weighted by atomic mass is 10.0. The average molecular weight is 447 g/mol. The maximum Gasteiger partial charge on any atom is 0.252 e. The number of benzene rings is 2. The van der Waals surface area contributed by atoms with Gasteiger partial charge in [-0.15, -0.1) is 0 Å². The predicted octanol–water partition coefficient (Wildman–Crippen LogP) is 5.75. The Kier molecular flexibility index (Phi) is 6.28. The highest BCUT2D eigenvalue weighted by Crippen LogP contribution is 2.28. The van der Waals surface area contributed by atoms with Crippen molar-refractivity contribution in [2.24, 2.45) is 0 Å². The highest BCUT2D eigenvalue weighted by molar-refractivity contribution is 6.31. The number of hydrogen-bond acceptors (Lipinski definition) is 3. The van der Waals surface area contributed by atoms with Gasteiger partial charge in [-0.25, -0.2) is 9.67 Å². The number of nitrogens with one attached hydrogen (secondary N) is 1. The molecular weight excluding hydrogens is 420 g/mol. The Balaban J connectivity index is 1.65. The molecule has 0 aliphatic carbocycles. The number of fused-ring (bicyclic) bond motifs is 1. The predicted molar refractivity (Wildman–Crippen MR) is 130 cm³/mol. The number of aryl methyl sites for hydroxylation is 3. The van der Waals surface area contributed by atoms with Crippen LogP contribution < -0.4 is 5.32 Å². The minimum atomic E-state index is -0.105. The summed E-state index contributed by atoms with van der Waals surface area (Å²) in [6, 6.07) is 17.9. The Bertz CT molecular complexity index is 1280. The minimum absolute atomic E-state index is 0.0387. The zero-order valence-electron chi connectivity index (χ0n) is 18.8. The maximum atomic E-state index is 13.3. The van der Waals surface area contributed by atoms with Crippen LogP contribution in [0.1, 0.15) is 46.2 Å². The number of pyridine rings is 1. The zero-order valence-corrected chi connectivity index (χ0v) is 19.6. The van der Waals surface area contributed by atoms with Crippen molar-refractivity contribution in [2.45, 2.75) is 46.6 Å². The van der Waals surface area contributed by atoms with E-state index in [0.29, 0.717) is 16.2 Å². The maximum absolute atomic E-state index is 13.3. The van der Waals surface area contributed by atoms with E-state index in [1.54, 1.807) is 4.68 Å². The lowest BCUT2D eigenvalue weighted by Gasteiger charge is -2.15. The van der Waals surface area contributed by atoms with Gasteiger partial charge < -0.3 is 5.32 Å². The van der Waals surface area contributed by atoms with E-state index in [1.807, 2.05) is 70.2 Å². The molecule has 5 nitrogen and oxygen atoms in total. The van der Waals surface area contributed by atoms with Gasteiger partial charge in [-0.1, -0.05) is 48.0 Å². The molecule has 0 fully saturated rings. The van der Waals surface area contributed by atoms with Crippen molar-refractivity contribution in [3.63, 3.8) is 0 Å². The average Bonchev–Trinajstić information content (AvgIpc) is 3.10. The van der Waals surface area contributed by atoms with Gasteiger partial charge in [0, 0.05) is 16.8 Å². The molecular formula is C26H27ClN4O. The fraction of sp³-hybridized carbons (Fsp3) is 0.269. The van der Waals surface area contributed by atoms with Crippen LogP contribution in [0, 0.1) is 20.8 Å². The molecule has 1 N–H and O–H groups in total. The molecule has 32 heavy (non-hydrogen) atoms. The first-order chi connectivity index (χ1) is 15.3. The number of hydrogen-bond donors (Lipinski definition) is 1. The number of halogens is 1. The topological polar surface area (TPSA) is 59.8 Å². The van der Waals surface area contributed by atoms with Crippen LogP contribution in [0.25, 0.3) is 16.7 Å². The lowest BCUT2D eigenvalue weighted by Crippen LogP contribution is -2.33. The molecule has 0 radical (unpaired) electrons. The SMILES string of the molecule is Cc1cc(C(=O)N[C@@H](C)CCc2ccccc2)c2c(C)nn(-c3cccc(Cl)c3C)c2n1. The van der Waals surface area contributed by atoms with Crippen molar-refractivity contribution in [1.82, 2.24) is 20.1 Å². The van der Waals surface area contributed by atoms with Crippen LogP contribution in [0.4, 0.5) is 0 Å². The molecule has 0 saturated carbocycles. The van der Waals surface area contributed by atoms with Crippen molar-refractivity contribution in [2.75, 3.05) is 0 Å². The van der Waals surface area contributed by atoms with Crippen LogP contribution in [0.5, 0.6) is 0 Å². The lowest BCUT2D eigenvalue weighted by molar-refractivity contribution is 0.0940. The molecule has 0 bridgehead atoms. The summed E-state index contributed by atoms with van der Waals surface area (Å²) in [5.41, 5.74) is 5.83. The van der Waals surface area contributed by atoms with Crippen LogP contribution in [-0.4, -0.2) is 26.7 Å². The monoisotopic (exact) mass is 446 g/mol. The first-order valence-corrected chi connectivity index (χ1v) is 11.2. The van der Waals surface area contributed by atoms with Gasteiger partial charge in [-0.3, -0.25) is 4.79 Å². The van der Waals surface area contributed by atoms with Crippen molar-refractivity contribution in [1.29, 1.82) is 0 Å². The second-order valence-electron chi connectivity index (χ2n) is 8.29. The van der Waals surface area contributed by atoms with E-state index in [-0.39, 0.29) is 11.9 Å². The summed E-state index contributed by atoms with van der Waals surface area (Å²) in [5.74, 6) is -0.105. The first kappa shape index (κ1) is 22.0. The first-order valence-electron chi connectivity index (χ1n) is 10.8. The van der Waals surface area contributed by atoms with E-state index in [2.05, 4.69) is 17.4 Å². The highest BCUT2D eigenvalue weighted by atomic mass is 35.5. The quantitative estimate of drug-likeness (QED) is 0.410. The number of amides is 1. The molecule has 0 unspecified atom stereocenters. The second-order valence-corrected chi connectivity index (χ2v) is 8.70. The van der Waals surface area contributed by atoms with Gasteiger partial charge >= 0.3 is 0 Å². The summed E-state index contributed by atoms with van der Waals surface area (Å²) in [5, 5.41) is 9.31. The standard InChI is InChI=1S/C26H27ClN4O/c1-16(13-14-20-9-6-5-7-10-20)29-26(32)21-15-17(2)28-25-24(21)19(4)30-31(25)23-12-8-11-22(27)18(23)3/h5-12,15-16H,13-14H2,1-4H3,(H,29,32)/t16-/m0/s1. The van der Waals surface area contributed by atoms with Crippen molar-refractivity contribution in [3.05, 3.63) is 87.7 Å². The molecule has 4 aromatic rings. The Labute approximate surface area is 193 Å². The number of nitrogens with zero attached hydrogens (tertiary/aromatic N) is 3. The summed E-state index contributed by atoms with van der Waals surface area (Å²) in [7, 11) is 0. The Morgan fingerprint density at radius 3 is 2.59 bits per heavy atom. The third-order valence-corrected chi connectivity index (χ3v) is 6.15. The summed E-state index contributed by atoms with van der Waals surface area (Å²) in [4.78, 5) is 18.0. The molecule has 0 spiro atoms. The van der Waals surface area contributed by atoms with E-state index in [4.69, 9.17) is 21.7 Å². The molecule has 0 aliphatic rings. The third kappa shape index (κ3) is 4.39. The van der Waals surface area contributed by atoms with Crippen LogP contribution in [-0.2, 0) is 6.42 Å². The summed E-state index contributed by atoms with van der Waals surface area (Å²) in [6.45, 7) is 7.80. The van der Waals surface area contributed by atoms with Crippen LogP contribution >= 0.6 is 11.6 Å². The van der Waals surface area contributed by atoms with Crippen molar-refractivity contribution >= 4 is 28.5 Å². The van der Waals surface area contributed by atoms with E-state index < -0.39 is 0 Å². The number of carbonyl (C=O) groups excluding carboxylic acids is 1. The number of rotatable bonds is 6. The summed E-state index contributed by atoms with van der Waals surface area (Å²) in [6.07, 6.45) is 1.78. The van der Waals surface area contributed by atoms with Gasteiger partial charge in [0.25, 0.3) is 5.91 Å². The highest BCUT2D eigenvalue weighted by Gasteiger charge is 2.21. The van der Waals surface area contributed by atoms with Crippen LogP contribution in [0.2, 0.25) is 5.02 Å². The van der Waals surface area contributed by atoms with Gasteiger partial charge in [-0.2, -0.15) is 5.10 Å². The zero-order chi connectivity index (χ0) is 22.8. The van der Waals surface area contributed by atoms with Crippen LogP contribution in [0.3, 0.4) is 0 Å². The van der Waals surface area contributed by atoms with Crippen molar-refractivity contribution in [3.8, 4) is 5.69 Å². The summed E-state index contributed by atoms with van der Waals surface area (Å²) >= 11 is 6.34. The molecule has 6 heteroatoms. The molecule has 0 aliphatic heterocycles. The number of carbonyl (C=O) groups is 1. The largest absolute Gasteiger partial charge is 0.350 e. The molecule has 2 aromatic carbocycles. The fourth-order valence-electron chi connectivity index (χ4n) is 3.99. The van der Waals surface area contributed by atoms with Gasteiger partial charge in [0.15, 0.2) is 5.65 Å². The molecule has 4 rings (SSSR count). The normalized spacial score (nSPS) is 12.2. The Morgan fingerprint density at radius 1 is 1.09 bits per heavy atom. The Hall–Kier alpha value is -3.18. The van der Waals surface area contributed by atoms with Gasteiger partial charge in [-0.05, 0) is 69.9 Å². The van der Waals surface area contributed by atoms with Crippen molar-refractivity contribution < 1.29 is 4.79 Å². The molecule has 164 valence electrons. The van der Waals surface area contributed by atoms with Gasteiger partial charge in [0.1, 0.15) is 0 Å².